The van der Waals surface area contributed by atoms with Gasteiger partial charge in [-0.15, -0.1) is 4.83 Å². The Hall–Kier alpha value is -0.960. The van der Waals surface area contributed by atoms with E-state index in [0.29, 0.717) is 22.8 Å². The van der Waals surface area contributed by atoms with E-state index in [4.69, 9.17) is 0 Å². The molecule has 0 saturated carbocycles. The lowest BCUT2D eigenvalue weighted by Gasteiger charge is -2.26. The van der Waals surface area contributed by atoms with Crippen molar-refractivity contribution in [1.82, 2.24) is 24.9 Å². The van der Waals surface area contributed by atoms with Crippen LogP contribution in [0, 0.1) is 13.8 Å². The molecule has 0 radical (unpaired) electrons. The first-order chi connectivity index (χ1) is 9.95. The molecule has 0 amide bonds. The average molecular weight is 315 g/mol. The van der Waals surface area contributed by atoms with Gasteiger partial charge in [0.05, 0.1) is 17.9 Å². The summed E-state index contributed by atoms with van der Waals surface area (Å²) in [6.07, 6.45) is 3.22. The Balaban J connectivity index is 2.20. The number of sulfonamides is 1. The quantitative estimate of drug-likeness (QED) is 0.794. The lowest BCUT2D eigenvalue weighted by atomic mass is 10.2. The first-order valence-electron chi connectivity index (χ1n) is 7.41. The van der Waals surface area contributed by atoms with E-state index in [2.05, 4.69) is 15.2 Å². The molecule has 2 rings (SSSR count). The number of aromatic nitrogens is 2. The van der Waals surface area contributed by atoms with Crippen molar-refractivity contribution in [3.8, 4) is 0 Å². The summed E-state index contributed by atoms with van der Waals surface area (Å²) in [6, 6.07) is 0. The maximum atomic E-state index is 12.6. The van der Waals surface area contributed by atoms with E-state index in [-0.39, 0.29) is 0 Å². The Morgan fingerprint density at radius 3 is 2.48 bits per heavy atom. The van der Waals surface area contributed by atoms with Crippen molar-refractivity contribution in [2.45, 2.75) is 44.6 Å². The van der Waals surface area contributed by atoms with Gasteiger partial charge in [0.15, 0.2) is 0 Å². The second-order valence-electron chi connectivity index (χ2n) is 5.47. The minimum absolute atomic E-state index is 0.309. The molecule has 8 heteroatoms. The molecule has 1 fully saturated rings. The number of nitrogens with one attached hydrogen (secondary N) is 2. The van der Waals surface area contributed by atoms with Gasteiger partial charge in [0, 0.05) is 19.6 Å². The van der Waals surface area contributed by atoms with Crippen LogP contribution in [0.25, 0.3) is 0 Å². The van der Waals surface area contributed by atoms with Crippen molar-refractivity contribution in [1.29, 1.82) is 0 Å². The fourth-order valence-corrected chi connectivity index (χ4v) is 4.24. The Morgan fingerprint density at radius 2 is 1.86 bits per heavy atom. The highest BCUT2D eigenvalue weighted by molar-refractivity contribution is 7.89. The molecular formula is C13H25N5O2S. The number of hydrogen-bond donors (Lipinski definition) is 2. The summed E-state index contributed by atoms with van der Waals surface area (Å²) in [5.74, 6) is 0. The molecule has 1 aromatic rings. The number of hydrogen-bond acceptors (Lipinski definition) is 5. The van der Waals surface area contributed by atoms with Crippen molar-refractivity contribution < 1.29 is 8.42 Å². The van der Waals surface area contributed by atoms with Crippen molar-refractivity contribution >= 4 is 10.0 Å². The molecule has 1 aliphatic heterocycles. The molecular weight excluding hydrogens is 290 g/mol. The van der Waals surface area contributed by atoms with Crippen LogP contribution in [0.15, 0.2) is 4.90 Å². The smallest absolute Gasteiger partial charge is 0.257 e. The van der Waals surface area contributed by atoms with E-state index in [0.717, 1.165) is 38.9 Å². The van der Waals surface area contributed by atoms with Gasteiger partial charge in [-0.2, -0.15) is 5.10 Å². The molecule has 0 bridgehead atoms. The molecule has 1 saturated heterocycles. The number of likely N-dealkylation sites (N-methyl/N-ethyl adjacent to an activating group) is 1. The van der Waals surface area contributed by atoms with E-state index < -0.39 is 10.0 Å². The maximum Gasteiger partial charge on any atom is 0.257 e. The summed E-state index contributed by atoms with van der Waals surface area (Å²) in [6.45, 7) is 6.49. The molecule has 21 heavy (non-hydrogen) atoms. The third-order valence-corrected chi connectivity index (χ3v) is 5.39. The predicted molar refractivity (Wildman–Crippen MR) is 81.4 cm³/mol. The largest absolute Gasteiger partial charge is 0.318 e. The normalized spacial score (nSPS) is 17.3. The van der Waals surface area contributed by atoms with Crippen LogP contribution >= 0.6 is 0 Å². The molecule has 0 unspecified atom stereocenters. The molecule has 2 N–H and O–H groups in total. The van der Waals surface area contributed by atoms with Gasteiger partial charge in [-0.05, 0) is 33.7 Å². The predicted octanol–water partition coefficient (Wildman–Crippen LogP) is 0.399. The number of nitrogens with zero attached hydrogens (tertiary/aromatic N) is 3. The van der Waals surface area contributed by atoms with E-state index >= 15 is 0 Å². The number of rotatable bonds is 6. The maximum absolute atomic E-state index is 12.6. The van der Waals surface area contributed by atoms with Gasteiger partial charge in [0.1, 0.15) is 4.90 Å². The average Bonchev–Trinajstić information content (AvgIpc) is 2.72. The second kappa shape index (κ2) is 6.87. The first-order valence-corrected chi connectivity index (χ1v) is 8.90. The second-order valence-corrected chi connectivity index (χ2v) is 7.07. The molecule has 7 nitrogen and oxygen atoms in total. The molecule has 0 atom stereocenters. The molecule has 120 valence electrons. The van der Waals surface area contributed by atoms with Crippen molar-refractivity contribution in [3.05, 3.63) is 11.4 Å². The minimum atomic E-state index is -3.55. The summed E-state index contributed by atoms with van der Waals surface area (Å²) in [5, 5.41) is 9.18. The van der Waals surface area contributed by atoms with Crippen LogP contribution < -0.4 is 10.1 Å². The van der Waals surface area contributed by atoms with Gasteiger partial charge in [-0.1, -0.05) is 6.42 Å². The van der Waals surface area contributed by atoms with E-state index in [1.807, 2.05) is 7.05 Å². The first kappa shape index (κ1) is 16.4. The van der Waals surface area contributed by atoms with Gasteiger partial charge in [0.25, 0.3) is 10.0 Å². The molecule has 1 aromatic heterocycles. The Labute approximate surface area is 126 Å². The molecule has 0 aliphatic carbocycles. The zero-order valence-electron chi connectivity index (χ0n) is 13.0. The van der Waals surface area contributed by atoms with E-state index in [1.165, 1.54) is 0 Å². The highest BCUT2D eigenvalue weighted by Crippen LogP contribution is 2.20. The summed E-state index contributed by atoms with van der Waals surface area (Å²) < 4.78 is 27.0. The number of hydrazine groups is 1. The third-order valence-electron chi connectivity index (χ3n) is 3.76. The SMILES string of the molecule is CNCCn1nc(C)c(S(=O)(=O)NN2CCCCC2)c1C. The summed E-state index contributed by atoms with van der Waals surface area (Å²) in [7, 11) is -1.69. The zero-order chi connectivity index (χ0) is 15.5. The van der Waals surface area contributed by atoms with Crippen LogP contribution in [0.4, 0.5) is 0 Å². The molecule has 0 aromatic carbocycles. The fourth-order valence-electron chi connectivity index (χ4n) is 2.71. The van der Waals surface area contributed by atoms with E-state index in [9.17, 15) is 8.42 Å². The Morgan fingerprint density at radius 1 is 1.19 bits per heavy atom. The van der Waals surface area contributed by atoms with Crippen molar-refractivity contribution in [3.63, 3.8) is 0 Å². The number of piperidine rings is 1. The van der Waals surface area contributed by atoms with Crippen LogP contribution in [0.1, 0.15) is 30.7 Å². The van der Waals surface area contributed by atoms with Gasteiger partial charge >= 0.3 is 0 Å². The molecule has 2 heterocycles. The van der Waals surface area contributed by atoms with Gasteiger partial charge in [0.2, 0.25) is 0 Å². The third kappa shape index (κ3) is 3.82. The van der Waals surface area contributed by atoms with Crippen molar-refractivity contribution in [2.24, 2.45) is 0 Å². The molecule has 1 aliphatic rings. The highest BCUT2D eigenvalue weighted by atomic mass is 32.2. The van der Waals surface area contributed by atoms with Crippen LogP contribution in [0.5, 0.6) is 0 Å². The van der Waals surface area contributed by atoms with Gasteiger partial charge < -0.3 is 5.32 Å². The topological polar surface area (TPSA) is 79.3 Å². The minimum Gasteiger partial charge on any atom is -0.318 e. The lowest BCUT2D eigenvalue weighted by molar-refractivity contribution is 0.200. The highest BCUT2D eigenvalue weighted by Gasteiger charge is 2.27. The monoisotopic (exact) mass is 315 g/mol. The summed E-state index contributed by atoms with van der Waals surface area (Å²) in [4.78, 5) is 3.01. The lowest BCUT2D eigenvalue weighted by Crippen LogP contribution is -2.45. The van der Waals surface area contributed by atoms with Crippen LogP contribution in [0.3, 0.4) is 0 Å². The summed E-state index contributed by atoms with van der Waals surface area (Å²) >= 11 is 0. The molecule has 0 spiro atoms. The van der Waals surface area contributed by atoms with Gasteiger partial charge in [-0.25, -0.2) is 13.4 Å². The van der Waals surface area contributed by atoms with Crippen LogP contribution in [-0.4, -0.2) is 49.9 Å². The summed E-state index contributed by atoms with van der Waals surface area (Å²) in [5.41, 5.74) is 1.24. The van der Waals surface area contributed by atoms with Gasteiger partial charge in [-0.3, -0.25) is 4.68 Å². The zero-order valence-corrected chi connectivity index (χ0v) is 13.8. The Kier molecular flexibility index (Phi) is 5.37. The Bertz CT molecular complexity index is 576. The van der Waals surface area contributed by atoms with Crippen LogP contribution in [0.2, 0.25) is 0 Å². The standard InChI is InChI=1S/C13H25N5O2S/c1-11-13(12(2)18(15-11)10-7-14-3)21(19,20)16-17-8-5-4-6-9-17/h14,16H,4-10H2,1-3H3. The van der Waals surface area contributed by atoms with Crippen LogP contribution in [-0.2, 0) is 16.6 Å². The van der Waals surface area contributed by atoms with Crippen molar-refractivity contribution in [2.75, 3.05) is 26.7 Å². The fraction of sp³-hybridized carbons (Fsp3) is 0.769. The number of aryl methyl sites for hydroxylation is 1. The van der Waals surface area contributed by atoms with E-state index in [1.54, 1.807) is 23.5 Å².